The molecular weight excluding hydrogens is 272 g/mol. The van der Waals surface area contributed by atoms with E-state index in [2.05, 4.69) is 43.5 Å². The van der Waals surface area contributed by atoms with E-state index in [0.29, 0.717) is 6.04 Å². The molecule has 1 aliphatic carbocycles. The summed E-state index contributed by atoms with van der Waals surface area (Å²) in [6, 6.07) is 4.84. The average Bonchev–Trinajstić information content (AvgIpc) is 2.71. The van der Waals surface area contributed by atoms with Crippen molar-refractivity contribution in [2.24, 2.45) is 0 Å². The number of carbonyl (C=O) groups is 1. The summed E-state index contributed by atoms with van der Waals surface area (Å²) in [5.74, 6) is 0.124. The van der Waals surface area contributed by atoms with Crippen molar-refractivity contribution in [3.63, 3.8) is 0 Å². The topological polar surface area (TPSA) is 45.7 Å². The zero-order valence-electron chi connectivity index (χ0n) is 14.5. The molecule has 1 saturated carbocycles. The number of amides is 1. The largest absolute Gasteiger partial charge is 0.334 e. The van der Waals surface area contributed by atoms with Crippen molar-refractivity contribution in [2.45, 2.75) is 78.3 Å². The molecule has 0 saturated heterocycles. The summed E-state index contributed by atoms with van der Waals surface area (Å²) in [5, 5.41) is 5.42. The maximum Gasteiger partial charge on any atom is 0.282 e. The van der Waals surface area contributed by atoms with Crippen molar-refractivity contribution in [3.05, 3.63) is 28.8 Å². The van der Waals surface area contributed by atoms with Gasteiger partial charge in [0.05, 0.1) is 6.04 Å². The normalized spacial score (nSPS) is 17.8. The van der Waals surface area contributed by atoms with Gasteiger partial charge in [-0.15, -0.1) is 0 Å². The van der Waals surface area contributed by atoms with Gasteiger partial charge < -0.3 is 10.6 Å². The van der Waals surface area contributed by atoms with Crippen LogP contribution in [-0.2, 0) is 4.79 Å². The summed E-state index contributed by atoms with van der Waals surface area (Å²) in [4.78, 5) is 12.5. The monoisotopic (exact) mass is 303 g/mol. The van der Waals surface area contributed by atoms with Crippen LogP contribution < -0.4 is 10.6 Å². The number of nitrogens with two attached hydrogens (primary N) is 1. The molecule has 22 heavy (non-hydrogen) atoms. The Hall–Kier alpha value is -1.35. The molecule has 0 aliphatic heterocycles. The van der Waals surface area contributed by atoms with E-state index in [4.69, 9.17) is 0 Å². The average molecular weight is 303 g/mol. The Morgan fingerprint density at radius 3 is 2.18 bits per heavy atom. The van der Waals surface area contributed by atoms with Crippen LogP contribution >= 0.6 is 0 Å². The molecule has 0 heterocycles. The molecular formula is C19H31N2O+. The van der Waals surface area contributed by atoms with Crippen LogP contribution in [0.5, 0.6) is 0 Å². The van der Waals surface area contributed by atoms with Crippen LogP contribution in [0, 0.1) is 20.8 Å². The van der Waals surface area contributed by atoms with Gasteiger partial charge in [-0.2, -0.15) is 0 Å². The van der Waals surface area contributed by atoms with Crippen LogP contribution in [0.1, 0.15) is 62.1 Å². The highest BCUT2D eigenvalue weighted by Gasteiger charge is 2.23. The lowest BCUT2D eigenvalue weighted by molar-refractivity contribution is -0.707. The van der Waals surface area contributed by atoms with Gasteiger partial charge in [-0.3, -0.25) is 4.79 Å². The Kier molecular flexibility index (Phi) is 6.01. The third-order valence-electron chi connectivity index (χ3n) is 4.80. The van der Waals surface area contributed by atoms with Crippen molar-refractivity contribution >= 4 is 11.6 Å². The van der Waals surface area contributed by atoms with Crippen LogP contribution in [0.25, 0.3) is 0 Å². The van der Waals surface area contributed by atoms with Gasteiger partial charge in [0.15, 0.2) is 6.04 Å². The molecule has 0 unspecified atom stereocenters. The molecule has 1 amide bonds. The highest BCUT2D eigenvalue weighted by molar-refractivity contribution is 5.95. The summed E-state index contributed by atoms with van der Waals surface area (Å²) < 4.78 is 0. The van der Waals surface area contributed by atoms with Crippen molar-refractivity contribution in [1.82, 2.24) is 0 Å². The molecule has 3 heteroatoms. The lowest BCUT2D eigenvalue weighted by atomic mass is 10.0. The van der Waals surface area contributed by atoms with E-state index in [1.807, 2.05) is 6.92 Å². The van der Waals surface area contributed by atoms with Gasteiger partial charge in [-0.25, -0.2) is 0 Å². The number of hydrogen-bond donors (Lipinski definition) is 2. The minimum atomic E-state index is -0.0248. The molecule has 1 aliphatic rings. The SMILES string of the molecule is Cc1cc(C)c(NC(=O)[C@@H](C)[NH2+]C2CCCCCC2)c(C)c1. The van der Waals surface area contributed by atoms with Crippen LogP contribution in [0.4, 0.5) is 5.69 Å². The van der Waals surface area contributed by atoms with Gasteiger partial charge in [0.25, 0.3) is 5.91 Å². The lowest BCUT2D eigenvalue weighted by Gasteiger charge is -2.19. The molecule has 3 nitrogen and oxygen atoms in total. The van der Waals surface area contributed by atoms with Crippen LogP contribution in [0.2, 0.25) is 0 Å². The summed E-state index contributed by atoms with van der Waals surface area (Å²) in [6.07, 6.45) is 7.83. The molecule has 1 aromatic carbocycles. The van der Waals surface area contributed by atoms with Gasteiger partial charge in [-0.05, 0) is 64.5 Å². The molecule has 0 spiro atoms. The number of carbonyl (C=O) groups excluding carboxylic acids is 1. The molecule has 1 fully saturated rings. The third-order valence-corrected chi connectivity index (χ3v) is 4.80. The van der Waals surface area contributed by atoms with Gasteiger partial charge in [0.2, 0.25) is 0 Å². The van der Waals surface area contributed by atoms with Gasteiger partial charge in [0.1, 0.15) is 0 Å². The number of nitrogens with one attached hydrogen (secondary N) is 1. The highest BCUT2D eigenvalue weighted by Crippen LogP contribution is 2.22. The second kappa shape index (κ2) is 7.77. The number of quaternary nitrogens is 1. The van der Waals surface area contributed by atoms with E-state index in [1.54, 1.807) is 0 Å². The Bertz CT molecular complexity index is 493. The van der Waals surface area contributed by atoms with E-state index in [9.17, 15) is 4.79 Å². The molecule has 0 radical (unpaired) electrons. The summed E-state index contributed by atoms with van der Waals surface area (Å²) in [5.41, 5.74) is 4.52. The molecule has 0 bridgehead atoms. The molecule has 1 atom stereocenters. The first-order chi connectivity index (χ1) is 10.5. The first-order valence-corrected chi connectivity index (χ1v) is 8.71. The summed E-state index contributed by atoms with van der Waals surface area (Å²) in [7, 11) is 0. The van der Waals surface area contributed by atoms with Crippen LogP contribution in [-0.4, -0.2) is 18.0 Å². The van der Waals surface area contributed by atoms with E-state index in [-0.39, 0.29) is 11.9 Å². The van der Waals surface area contributed by atoms with Crippen LogP contribution in [0.3, 0.4) is 0 Å². The van der Waals surface area contributed by atoms with Crippen molar-refractivity contribution in [2.75, 3.05) is 5.32 Å². The number of rotatable bonds is 4. The fraction of sp³-hybridized carbons (Fsp3) is 0.632. The Balaban J connectivity index is 1.96. The first-order valence-electron chi connectivity index (χ1n) is 8.71. The Morgan fingerprint density at radius 2 is 1.64 bits per heavy atom. The van der Waals surface area contributed by atoms with Crippen LogP contribution in [0.15, 0.2) is 12.1 Å². The summed E-state index contributed by atoms with van der Waals surface area (Å²) in [6.45, 7) is 8.25. The second-order valence-corrected chi connectivity index (χ2v) is 7.00. The van der Waals surface area contributed by atoms with Gasteiger partial charge in [-0.1, -0.05) is 30.5 Å². The van der Waals surface area contributed by atoms with E-state index in [1.165, 1.54) is 44.1 Å². The minimum absolute atomic E-state index is 0.0248. The van der Waals surface area contributed by atoms with Crippen molar-refractivity contribution in [1.29, 1.82) is 0 Å². The fourth-order valence-corrected chi connectivity index (χ4v) is 3.61. The molecule has 0 aromatic heterocycles. The van der Waals surface area contributed by atoms with Crippen molar-refractivity contribution in [3.8, 4) is 0 Å². The number of hydrogen-bond acceptors (Lipinski definition) is 1. The van der Waals surface area contributed by atoms with E-state index < -0.39 is 0 Å². The second-order valence-electron chi connectivity index (χ2n) is 7.00. The number of aryl methyl sites for hydroxylation is 3. The predicted molar refractivity (Wildman–Crippen MR) is 92.2 cm³/mol. The fourth-order valence-electron chi connectivity index (χ4n) is 3.61. The maximum atomic E-state index is 12.5. The molecule has 3 N–H and O–H groups in total. The first kappa shape index (κ1) is 17.0. The Morgan fingerprint density at radius 1 is 1.09 bits per heavy atom. The molecule has 2 rings (SSSR count). The quantitative estimate of drug-likeness (QED) is 0.824. The smallest absolute Gasteiger partial charge is 0.282 e. The zero-order chi connectivity index (χ0) is 16.1. The number of benzene rings is 1. The maximum absolute atomic E-state index is 12.5. The van der Waals surface area contributed by atoms with E-state index in [0.717, 1.165) is 16.8 Å². The highest BCUT2D eigenvalue weighted by atomic mass is 16.2. The summed E-state index contributed by atoms with van der Waals surface area (Å²) >= 11 is 0. The Labute approximate surface area is 134 Å². The molecule has 1 aromatic rings. The zero-order valence-corrected chi connectivity index (χ0v) is 14.5. The van der Waals surface area contributed by atoms with E-state index >= 15 is 0 Å². The minimum Gasteiger partial charge on any atom is -0.334 e. The lowest BCUT2D eigenvalue weighted by Crippen LogP contribution is -2.96. The number of anilines is 1. The van der Waals surface area contributed by atoms with Crippen molar-refractivity contribution < 1.29 is 10.1 Å². The third kappa shape index (κ3) is 4.57. The molecule has 122 valence electrons. The predicted octanol–water partition coefficient (Wildman–Crippen LogP) is 3.23. The standard InChI is InChI=1S/C19H30N2O/c1-13-11-14(2)18(15(3)12-13)21-19(22)16(4)20-17-9-7-5-6-8-10-17/h11-12,16-17,20H,5-10H2,1-4H3,(H,21,22)/p+1/t16-/m1/s1. The van der Waals surface area contributed by atoms with Gasteiger partial charge in [0, 0.05) is 5.69 Å². The van der Waals surface area contributed by atoms with Gasteiger partial charge >= 0.3 is 0 Å².